The van der Waals surface area contributed by atoms with E-state index in [4.69, 9.17) is 9.47 Å². The van der Waals surface area contributed by atoms with Crippen LogP contribution >= 0.6 is 0 Å². The number of aliphatic hydroxyl groups is 2. The van der Waals surface area contributed by atoms with Crippen molar-refractivity contribution in [2.24, 2.45) is 45.3 Å². The molecular weight excluding hydrogens is 464 g/mol. The normalized spacial score (nSPS) is 53.2. The van der Waals surface area contributed by atoms with Crippen LogP contribution in [0.4, 0.5) is 0 Å². The lowest BCUT2D eigenvalue weighted by Gasteiger charge is -2.71. The van der Waals surface area contributed by atoms with E-state index in [1.165, 1.54) is 6.42 Å². The van der Waals surface area contributed by atoms with Gasteiger partial charge in [0.2, 0.25) is 0 Å². The first-order chi connectivity index (χ1) is 16.9. The standard InChI is InChI=1S/C32H54O5/c1-19(33)36-22-18-21-20(32(9)17-13-25(37-32)28(4,5)35)10-15-30(21,7)31(8)16-11-23-27(2,3)24(34)12-14-29(23,6)26(22)31/h20-26,34-35H,10-18H2,1-9H3/t20-,21?,22+,23?,24-,25-,26?,29-,30+,31+,32?/m0/s1. The molecule has 1 heterocycles. The Hall–Kier alpha value is -0.650. The first-order valence-corrected chi connectivity index (χ1v) is 15.2. The molecule has 5 aliphatic rings. The highest BCUT2D eigenvalue weighted by Gasteiger charge is 2.72. The fraction of sp³-hybridized carbons (Fsp3) is 0.969. The van der Waals surface area contributed by atoms with Crippen molar-refractivity contribution in [3.63, 3.8) is 0 Å². The molecule has 212 valence electrons. The fourth-order valence-electron chi connectivity index (χ4n) is 11.4. The van der Waals surface area contributed by atoms with Gasteiger partial charge >= 0.3 is 5.97 Å². The Morgan fingerprint density at radius 3 is 2.14 bits per heavy atom. The van der Waals surface area contributed by atoms with Crippen LogP contribution in [0.1, 0.15) is 120 Å². The zero-order valence-corrected chi connectivity index (χ0v) is 25.0. The Balaban J connectivity index is 1.54. The average Bonchev–Trinajstić information content (AvgIpc) is 3.33. The summed E-state index contributed by atoms with van der Waals surface area (Å²) in [5.74, 6) is 1.36. The van der Waals surface area contributed by atoms with Gasteiger partial charge in [-0.25, -0.2) is 0 Å². The van der Waals surface area contributed by atoms with Gasteiger partial charge in [0.25, 0.3) is 0 Å². The third-order valence-electron chi connectivity index (χ3n) is 13.5. The summed E-state index contributed by atoms with van der Waals surface area (Å²) in [7, 11) is 0. The Morgan fingerprint density at radius 2 is 1.54 bits per heavy atom. The molecule has 5 nitrogen and oxygen atoms in total. The van der Waals surface area contributed by atoms with Crippen LogP contribution in [0.25, 0.3) is 0 Å². The Morgan fingerprint density at radius 1 is 0.892 bits per heavy atom. The summed E-state index contributed by atoms with van der Waals surface area (Å²) in [6, 6.07) is 0. The molecule has 4 unspecified atom stereocenters. The van der Waals surface area contributed by atoms with Crippen LogP contribution in [-0.2, 0) is 14.3 Å². The highest BCUT2D eigenvalue weighted by molar-refractivity contribution is 5.66. The number of fused-ring (bicyclic) bond motifs is 5. The largest absolute Gasteiger partial charge is 0.462 e. The van der Waals surface area contributed by atoms with E-state index in [1.54, 1.807) is 6.92 Å². The maximum Gasteiger partial charge on any atom is 0.302 e. The highest BCUT2D eigenvalue weighted by Crippen LogP contribution is 2.76. The third-order valence-corrected chi connectivity index (χ3v) is 13.5. The molecule has 11 atom stereocenters. The van der Waals surface area contributed by atoms with E-state index in [2.05, 4.69) is 41.5 Å². The second-order valence-corrected chi connectivity index (χ2v) is 16.0. The summed E-state index contributed by atoms with van der Waals surface area (Å²) in [6.45, 7) is 19.7. The molecule has 1 aliphatic heterocycles. The molecule has 0 amide bonds. The number of esters is 1. The number of carbonyl (C=O) groups excluding carboxylic acids is 1. The Kier molecular flexibility index (Phi) is 6.35. The van der Waals surface area contributed by atoms with Crippen LogP contribution in [0.15, 0.2) is 0 Å². The van der Waals surface area contributed by atoms with Crippen molar-refractivity contribution in [3.8, 4) is 0 Å². The van der Waals surface area contributed by atoms with E-state index in [0.29, 0.717) is 17.8 Å². The number of hydrogen-bond acceptors (Lipinski definition) is 5. The molecule has 0 aromatic carbocycles. The van der Waals surface area contributed by atoms with E-state index in [9.17, 15) is 15.0 Å². The van der Waals surface area contributed by atoms with Crippen LogP contribution in [0.3, 0.4) is 0 Å². The van der Waals surface area contributed by atoms with Crippen molar-refractivity contribution in [1.29, 1.82) is 0 Å². The Labute approximate surface area is 225 Å². The maximum absolute atomic E-state index is 12.5. The summed E-state index contributed by atoms with van der Waals surface area (Å²) in [6.07, 6.45) is 8.65. The quantitative estimate of drug-likeness (QED) is 0.430. The molecule has 0 radical (unpaired) electrons. The van der Waals surface area contributed by atoms with Gasteiger partial charge in [-0.3, -0.25) is 4.79 Å². The van der Waals surface area contributed by atoms with Gasteiger partial charge in [-0.15, -0.1) is 0 Å². The SMILES string of the molecule is CC(=O)O[C@@H]1CC2[C@@H](C3(C)CC[C@@H](C(C)(C)O)O3)CC[C@@]2(C)[C@]2(C)CCC3C(C)(C)[C@@H](O)CC[C@]3(C)C12. The number of ether oxygens (including phenoxy) is 2. The van der Waals surface area contributed by atoms with Crippen LogP contribution in [0, 0.1) is 45.3 Å². The summed E-state index contributed by atoms with van der Waals surface area (Å²) in [5, 5.41) is 21.7. The maximum atomic E-state index is 12.5. The molecule has 2 N–H and O–H groups in total. The molecule has 0 aromatic rings. The summed E-state index contributed by atoms with van der Waals surface area (Å²) < 4.78 is 13.1. The summed E-state index contributed by atoms with van der Waals surface area (Å²) in [5.41, 5.74) is -1.00. The molecule has 5 rings (SSSR count). The minimum absolute atomic E-state index is 0.0294. The van der Waals surface area contributed by atoms with Gasteiger partial charge in [0, 0.05) is 12.8 Å². The van der Waals surface area contributed by atoms with Gasteiger partial charge in [-0.2, -0.15) is 0 Å². The predicted molar refractivity (Wildman–Crippen MR) is 145 cm³/mol. The fourth-order valence-corrected chi connectivity index (χ4v) is 11.4. The number of hydrogen-bond donors (Lipinski definition) is 2. The van der Waals surface area contributed by atoms with E-state index in [1.807, 2.05) is 13.8 Å². The van der Waals surface area contributed by atoms with Gasteiger partial charge in [-0.1, -0.05) is 34.6 Å². The zero-order chi connectivity index (χ0) is 27.4. The minimum atomic E-state index is -0.838. The van der Waals surface area contributed by atoms with Crippen molar-refractivity contribution in [1.82, 2.24) is 0 Å². The van der Waals surface area contributed by atoms with Crippen molar-refractivity contribution in [3.05, 3.63) is 0 Å². The van der Waals surface area contributed by atoms with E-state index in [-0.39, 0.29) is 57.5 Å². The van der Waals surface area contributed by atoms with Crippen molar-refractivity contribution >= 4 is 5.97 Å². The van der Waals surface area contributed by atoms with E-state index >= 15 is 0 Å². The highest BCUT2D eigenvalue weighted by atomic mass is 16.5. The van der Waals surface area contributed by atoms with Crippen LogP contribution < -0.4 is 0 Å². The molecular formula is C32H54O5. The first-order valence-electron chi connectivity index (χ1n) is 15.2. The van der Waals surface area contributed by atoms with Gasteiger partial charge in [0.05, 0.1) is 23.4 Å². The zero-order valence-electron chi connectivity index (χ0n) is 25.0. The summed E-state index contributed by atoms with van der Waals surface area (Å²) in [4.78, 5) is 12.5. The van der Waals surface area contributed by atoms with Gasteiger partial charge < -0.3 is 19.7 Å². The van der Waals surface area contributed by atoms with Crippen LogP contribution in [-0.4, -0.2) is 45.7 Å². The third kappa shape index (κ3) is 3.83. The number of rotatable bonds is 3. The molecule has 5 heteroatoms. The van der Waals surface area contributed by atoms with E-state index in [0.717, 1.165) is 51.4 Å². The van der Waals surface area contributed by atoms with Crippen molar-refractivity contribution < 1.29 is 24.5 Å². The first kappa shape index (κ1) is 27.9. The van der Waals surface area contributed by atoms with Crippen LogP contribution in [0.2, 0.25) is 0 Å². The minimum Gasteiger partial charge on any atom is -0.462 e. The lowest BCUT2D eigenvalue weighted by molar-refractivity contribution is -0.261. The van der Waals surface area contributed by atoms with Crippen molar-refractivity contribution in [2.45, 2.75) is 150 Å². The molecule has 0 bridgehead atoms. The second kappa shape index (κ2) is 8.43. The van der Waals surface area contributed by atoms with Gasteiger partial charge in [0.15, 0.2) is 0 Å². The molecule has 4 aliphatic carbocycles. The molecule has 0 spiro atoms. The monoisotopic (exact) mass is 518 g/mol. The Bertz CT molecular complexity index is 923. The molecule has 5 fully saturated rings. The van der Waals surface area contributed by atoms with Crippen LogP contribution in [0.5, 0.6) is 0 Å². The van der Waals surface area contributed by atoms with Gasteiger partial charge in [-0.05, 0) is 118 Å². The molecule has 37 heavy (non-hydrogen) atoms. The number of carbonyl (C=O) groups is 1. The molecule has 0 aromatic heterocycles. The smallest absolute Gasteiger partial charge is 0.302 e. The average molecular weight is 519 g/mol. The van der Waals surface area contributed by atoms with Crippen molar-refractivity contribution in [2.75, 3.05) is 0 Å². The lowest BCUT2D eigenvalue weighted by atomic mass is 9.35. The predicted octanol–water partition coefficient (Wildman–Crippen LogP) is 6.28. The topological polar surface area (TPSA) is 76.0 Å². The van der Waals surface area contributed by atoms with Gasteiger partial charge in [0.1, 0.15) is 6.10 Å². The second-order valence-electron chi connectivity index (χ2n) is 16.0. The molecule has 4 saturated carbocycles. The summed E-state index contributed by atoms with van der Waals surface area (Å²) >= 11 is 0. The lowest BCUT2D eigenvalue weighted by Crippen LogP contribution is -2.68. The molecule has 1 saturated heterocycles. The number of aliphatic hydroxyl groups excluding tert-OH is 1. The van der Waals surface area contributed by atoms with E-state index < -0.39 is 5.60 Å².